The Morgan fingerprint density at radius 3 is 2.15 bits per heavy atom. The van der Waals surface area contributed by atoms with E-state index in [1.807, 2.05) is 0 Å². The molecule has 112 valence electrons. The molecule has 2 N–H and O–H groups in total. The molecule has 0 saturated carbocycles. The van der Waals surface area contributed by atoms with Crippen LogP contribution >= 0.6 is 0 Å². The summed E-state index contributed by atoms with van der Waals surface area (Å²) in [6.07, 6.45) is 0. The number of carboxylic acids is 1. The number of carbonyl (C=O) groups is 1. The van der Waals surface area contributed by atoms with Crippen molar-refractivity contribution in [2.75, 3.05) is 0 Å². The standard InChI is InChI=1S/C13H17F2NO3S/c1-12(2,3)20(19)16-10(13(14,15)11(17)18)9-7-5-4-6-8-9/h4-8,10,16H,1-3H3,(H,17,18)/t10-,20?/m0/s1. The summed E-state index contributed by atoms with van der Waals surface area (Å²) in [4.78, 5) is 10.8. The number of carboxylic acid groups (broad SMARTS) is 1. The van der Waals surface area contributed by atoms with E-state index < -0.39 is 33.7 Å². The summed E-state index contributed by atoms with van der Waals surface area (Å²) in [5.74, 6) is -6.33. The average Bonchev–Trinajstić information content (AvgIpc) is 2.35. The van der Waals surface area contributed by atoms with Gasteiger partial charge in [0.2, 0.25) is 0 Å². The van der Waals surface area contributed by atoms with Crippen molar-refractivity contribution in [2.45, 2.75) is 37.5 Å². The van der Waals surface area contributed by atoms with Crippen molar-refractivity contribution < 1.29 is 22.9 Å². The Kier molecular flexibility index (Phi) is 4.99. The van der Waals surface area contributed by atoms with E-state index in [0.717, 1.165) is 0 Å². The third kappa shape index (κ3) is 3.83. The van der Waals surface area contributed by atoms with Crippen LogP contribution in [0.25, 0.3) is 0 Å². The quantitative estimate of drug-likeness (QED) is 0.878. The summed E-state index contributed by atoms with van der Waals surface area (Å²) in [6.45, 7) is 4.82. The van der Waals surface area contributed by atoms with Gasteiger partial charge in [-0.2, -0.15) is 8.78 Å². The van der Waals surface area contributed by atoms with E-state index in [1.165, 1.54) is 24.3 Å². The number of hydrogen-bond donors (Lipinski definition) is 2. The molecule has 0 bridgehead atoms. The van der Waals surface area contributed by atoms with E-state index in [-0.39, 0.29) is 5.56 Å². The Morgan fingerprint density at radius 1 is 1.25 bits per heavy atom. The molecule has 2 atom stereocenters. The lowest BCUT2D eigenvalue weighted by Gasteiger charge is -2.28. The van der Waals surface area contributed by atoms with Crippen molar-refractivity contribution in [3.8, 4) is 0 Å². The molecule has 0 heterocycles. The van der Waals surface area contributed by atoms with E-state index in [1.54, 1.807) is 26.8 Å². The highest BCUT2D eigenvalue weighted by Crippen LogP contribution is 2.32. The third-order valence-electron chi connectivity index (χ3n) is 2.56. The van der Waals surface area contributed by atoms with Gasteiger partial charge in [0, 0.05) is 0 Å². The largest absolute Gasteiger partial charge is 0.477 e. The number of alkyl halides is 2. The van der Waals surface area contributed by atoms with Crippen LogP contribution in [-0.4, -0.2) is 26.0 Å². The minimum absolute atomic E-state index is 0.0671. The van der Waals surface area contributed by atoms with Crippen LogP contribution in [0.5, 0.6) is 0 Å². The van der Waals surface area contributed by atoms with Crippen LogP contribution in [0, 0.1) is 0 Å². The summed E-state index contributed by atoms with van der Waals surface area (Å²) in [5.41, 5.74) is 0.0671. The molecule has 0 spiro atoms. The number of nitrogens with one attached hydrogen (secondary N) is 1. The van der Waals surface area contributed by atoms with E-state index in [4.69, 9.17) is 5.11 Å². The Balaban J connectivity index is 3.17. The van der Waals surface area contributed by atoms with Gasteiger partial charge < -0.3 is 5.11 Å². The number of aliphatic carboxylic acids is 1. The van der Waals surface area contributed by atoms with Crippen LogP contribution in [-0.2, 0) is 15.8 Å². The van der Waals surface area contributed by atoms with Crippen LogP contribution in [0.1, 0.15) is 32.4 Å². The minimum Gasteiger partial charge on any atom is -0.477 e. The van der Waals surface area contributed by atoms with Gasteiger partial charge in [0.05, 0.1) is 15.7 Å². The maximum absolute atomic E-state index is 13.8. The summed E-state index contributed by atoms with van der Waals surface area (Å²) in [6, 6.07) is 5.54. The Morgan fingerprint density at radius 2 is 1.75 bits per heavy atom. The highest BCUT2D eigenvalue weighted by molar-refractivity contribution is 7.84. The number of hydrogen-bond acceptors (Lipinski definition) is 2. The molecular weight excluding hydrogens is 288 g/mol. The lowest BCUT2D eigenvalue weighted by atomic mass is 10.0. The van der Waals surface area contributed by atoms with Crippen LogP contribution in [0.2, 0.25) is 0 Å². The summed E-state index contributed by atoms with van der Waals surface area (Å²) in [5, 5.41) is 8.70. The molecule has 4 nitrogen and oxygen atoms in total. The molecule has 0 aliphatic rings. The second kappa shape index (κ2) is 5.97. The second-order valence-electron chi connectivity index (χ2n) is 5.27. The highest BCUT2D eigenvalue weighted by atomic mass is 32.2. The van der Waals surface area contributed by atoms with Gasteiger partial charge in [-0.1, -0.05) is 30.3 Å². The molecule has 0 saturated heterocycles. The third-order valence-corrected chi connectivity index (χ3v) is 4.12. The van der Waals surface area contributed by atoms with E-state index in [0.29, 0.717) is 0 Å². The van der Waals surface area contributed by atoms with Crippen molar-refractivity contribution in [3.63, 3.8) is 0 Å². The van der Waals surface area contributed by atoms with E-state index >= 15 is 0 Å². The molecule has 0 aliphatic heterocycles. The van der Waals surface area contributed by atoms with Crippen molar-refractivity contribution in [3.05, 3.63) is 35.9 Å². The van der Waals surface area contributed by atoms with Gasteiger partial charge in [-0.15, -0.1) is 0 Å². The fourth-order valence-electron chi connectivity index (χ4n) is 1.40. The van der Waals surface area contributed by atoms with Gasteiger partial charge in [-0.25, -0.2) is 13.7 Å². The summed E-state index contributed by atoms with van der Waals surface area (Å²) < 4.78 is 41.1. The molecule has 0 fully saturated rings. The number of halogens is 2. The molecule has 0 aliphatic carbocycles. The first-order valence-corrected chi connectivity index (χ1v) is 7.06. The SMILES string of the molecule is CC(C)(C)S(=O)N[C@@H](c1ccccc1)C(F)(F)C(=O)O. The second-order valence-corrected chi connectivity index (χ2v) is 7.27. The molecular formula is C13H17F2NO3S. The van der Waals surface area contributed by atoms with Gasteiger partial charge in [0.25, 0.3) is 0 Å². The molecule has 1 aromatic carbocycles. The fraction of sp³-hybridized carbons (Fsp3) is 0.462. The Labute approximate surface area is 118 Å². The van der Waals surface area contributed by atoms with Crippen LogP contribution in [0.15, 0.2) is 30.3 Å². The van der Waals surface area contributed by atoms with Crippen LogP contribution in [0.4, 0.5) is 8.78 Å². The molecule has 7 heteroatoms. The van der Waals surface area contributed by atoms with E-state index in [9.17, 15) is 17.8 Å². The van der Waals surface area contributed by atoms with Crippen LogP contribution < -0.4 is 4.72 Å². The molecule has 0 amide bonds. The zero-order valence-corrected chi connectivity index (χ0v) is 12.2. The first-order valence-electron chi connectivity index (χ1n) is 5.91. The predicted molar refractivity (Wildman–Crippen MR) is 72.8 cm³/mol. The van der Waals surface area contributed by atoms with Crippen molar-refractivity contribution in [1.29, 1.82) is 0 Å². The normalized spacial score (nSPS) is 15.7. The average molecular weight is 305 g/mol. The predicted octanol–water partition coefficient (Wildman–Crippen LogP) is 2.50. The number of rotatable bonds is 5. The summed E-state index contributed by atoms with van der Waals surface area (Å²) in [7, 11) is -1.82. The summed E-state index contributed by atoms with van der Waals surface area (Å²) >= 11 is 0. The minimum atomic E-state index is -4.07. The Hall–Kier alpha value is -1.34. The lowest BCUT2D eigenvalue weighted by molar-refractivity contribution is -0.168. The zero-order chi connectivity index (χ0) is 15.6. The lowest BCUT2D eigenvalue weighted by Crippen LogP contribution is -2.47. The molecule has 1 unspecified atom stereocenters. The van der Waals surface area contributed by atoms with Crippen molar-refractivity contribution in [1.82, 2.24) is 4.72 Å². The fourth-order valence-corrected chi connectivity index (χ4v) is 2.26. The molecule has 0 aromatic heterocycles. The molecule has 1 aromatic rings. The van der Waals surface area contributed by atoms with Gasteiger partial charge in [0.15, 0.2) is 0 Å². The first-order chi connectivity index (χ1) is 9.06. The van der Waals surface area contributed by atoms with Gasteiger partial charge >= 0.3 is 11.9 Å². The topological polar surface area (TPSA) is 66.4 Å². The smallest absolute Gasteiger partial charge is 0.376 e. The molecule has 0 radical (unpaired) electrons. The van der Waals surface area contributed by atoms with Crippen LogP contribution in [0.3, 0.4) is 0 Å². The van der Waals surface area contributed by atoms with Gasteiger partial charge in [-0.3, -0.25) is 0 Å². The Bertz CT molecular complexity index is 500. The zero-order valence-electron chi connectivity index (χ0n) is 11.4. The highest BCUT2D eigenvalue weighted by Gasteiger charge is 2.49. The monoisotopic (exact) mass is 305 g/mol. The van der Waals surface area contributed by atoms with Gasteiger partial charge in [-0.05, 0) is 26.3 Å². The molecule has 1 rings (SSSR count). The molecule has 20 heavy (non-hydrogen) atoms. The van der Waals surface area contributed by atoms with Crippen molar-refractivity contribution in [2.24, 2.45) is 0 Å². The van der Waals surface area contributed by atoms with Crippen molar-refractivity contribution >= 4 is 17.0 Å². The maximum atomic E-state index is 13.8. The maximum Gasteiger partial charge on any atom is 0.376 e. The first kappa shape index (κ1) is 16.7. The van der Waals surface area contributed by atoms with E-state index in [2.05, 4.69) is 4.72 Å². The number of benzene rings is 1. The van der Waals surface area contributed by atoms with Gasteiger partial charge in [0.1, 0.15) is 6.04 Å².